The van der Waals surface area contributed by atoms with Gasteiger partial charge in [-0.1, -0.05) is 44.6 Å². The largest absolute Gasteiger partial charge is 0.364 e. The molecule has 3 rings (SSSR count). The normalized spacial score (nSPS) is 31.5. The van der Waals surface area contributed by atoms with Crippen molar-refractivity contribution in [3.8, 4) is 0 Å². The second-order valence-corrected chi connectivity index (χ2v) is 6.49. The Kier molecular flexibility index (Phi) is 3.06. The molecule has 17 heavy (non-hydrogen) atoms. The molecule has 1 aliphatic heterocycles. The van der Waals surface area contributed by atoms with E-state index in [1.165, 1.54) is 76.2 Å². The number of hydrogen-bond acceptors (Lipinski definition) is 1. The van der Waals surface area contributed by atoms with E-state index in [2.05, 4.69) is 13.0 Å². The van der Waals surface area contributed by atoms with Gasteiger partial charge in [0.25, 0.3) is 0 Å². The third-order valence-electron chi connectivity index (χ3n) is 5.34. The Balaban J connectivity index is 1.84. The highest BCUT2D eigenvalue weighted by Gasteiger charge is 2.46. The SMILES string of the molecule is CC1=CCC2(CCCCC2)OC12CCCCC2. The molecular weight excluding hydrogens is 208 g/mol. The Morgan fingerprint density at radius 3 is 2.12 bits per heavy atom. The lowest BCUT2D eigenvalue weighted by atomic mass is 9.72. The van der Waals surface area contributed by atoms with E-state index in [9.17, 15) is 0 Å². The van der Waals surface area contributed by atoms with Gasteiger partial charge in [-0.15, -0.1) is 0 Å². The minimum atomic E-state index is 0.147. The van der Waals surface area contributed by atoms with Gasteiger partial charge in [-0.05, 0) is 44.6 Å². The Hall–Kier alpha value is -0.300. The molecule has 2 spiro atoms. The maximum Gasteiger partial charge on any atom is 0.0896 e. The van der Waals surface area contributed by atoms with Gasteiger partial charge in [0, 0.05) is 0 Å². The Bertz CT molecular complexity index is 303. The first kappa shape index (κ1) is 11.8. The second kappa shape index (κ2) is 4.42. The van der Waals surface area contributed by atoms with Crippen LogP contribution < -0.4 is 0 Å². The molecule has 2 aliphatic carbocycles. The summed E-state index contributed by atoms with van der Waals surface area (Å²) in [6.07, 6.45) is 17.2. The van der Waals surface area contributed by atoms with Crippen LogP contribution in [0.1, 0.15) is 77.6 Å². The summed E-state index contributed by atoms with van der Waals surface area (Å²) in [5.74, 6) is 0. The fraction of sp³-hybridized carbons (Fsp3) is 0.875. The Morgan fingerprint density at radius 1 is 0.882 bits per heavy atom. The van der Waals surface area contributed by atoms with Gasteiger partial charge < -0.3 is 4.74 Å². The van der Waals surface area contributed by atoms with E-state index < -0.39 is 0 Å². The lowest BCUT2D eigenvalue weighted by Gasteiger charge is -2.51. The van der Waals surface area contributed by atoms with Crippen molar-refractivity contribution in [2.75, 3.05) is 0 Å². The molecule has 0 aromatic heterocycles. The summed E-state index contributed by atoms with van der Waals surface area (Å²) in [6, 6.07) is 0. The second-order valence-electron chi connectivity index (χ2n) is 6.49. The lowest BCUT2D eigenvalue weighted by molar-refractivity contribution is -0.174. The molecule has 0 saturated heterocycles. The van der Waals surface area contributed by atoms with Crippen molar-refractivity contribution in [2.24, 2.45) is 0 Å². The lowest BCUT2D eigenvalue weighted by Crippen LogP contribution is -2.50. The highest BCUT2D eigenvalue weighted by atomic mass is 16.5. The molecule has 0 radical (unpaired) electrons. The molecule has 1 nitrogen and oxygen atoms in total. The number of ether oxygens (including phenoxy) is 1. The van der Waals surface area contributed by atoms with Crippen molar-refractivity contribution in [3.05, 3.63) is 11.6 Å². The van der Waals surface area contributed by atoms with Gasteiger partial charge in [-0.25, -0.2) is 0 Å². The molecule has 0 N–H and O–H groups in total. The molecule has 0 bridgehead atoms. The van der Waals surface area contributed by atoms with E-state index in [0.717, 1.165) is 0 Å². The molecule has 1 heteroatoms. The van der Waals surface area contributed by atoms with Crippen molar-refractivity contribution in [2.45, 2.75) is 88.8 Å². The summed E-state index contributed by atoms with van der Waals surface area (Å²) < 4.78 is 6.79. The summed E-state index contributed by atoms with van der Waals surface area (Å²) in [5.41, 5.74) is 1.91. The topological polar surface area (TPSA) is 9.23 Å². The van der Waals surface area contributed by atoms with Crippen LogP contribution in [0.3, 0.4) is 0 Å². The molecule has 0 amide bonds. The van der Waals surface area contributed by atoms with Crippen LogP contribution in [0.15, 0.2) is 11.6 Å². The molecular formula is C16H26O. The standard InChI is InChI=1S/C16H26O/c1-14-8-13-15(9-4-2-5-10-15)17-16(14)11-6-3-7-12-16/h8H,2-7,9-13H2,1H3. The predicted octanol–water partition coefficient (Wildman–Crippen LogP) is 4.76. The molecule has 2 saturated carbocycles. The van der Waals surface area contributed by atoms with Crippen molar-refractivity contribution >= 4 is 0 Å². The molecule has 2 fully saturated rings. The average molecular weight is 234 g/mol. The molecule has 0 unspecified atom stereocenters. The summed E-state index contributed by atoms with van der Waals surface area (Å²) in [5, 5.41) is 0. The molecule has 0 atom stereocenters. The van der Waals surface area contributed by atoms with Crippen LogP contribution in [-0.4, -0.2) is 11.2 Å². The van der Waals surface area contributed by atoms with Gasteiger partial charge in [-0.2, -0.15) is 0 Å². The zero-order valence-corrected chi connectivity index (χ0v) is 11.3. The van der Waals surface area contributed by atoms with Gasteiger partial charge in [-0.3, -0.25) is 0 Å². The minimum absolute atomic E-state index is 0.147. The zero-order valence-electron chi connectivity index (χ0n) is 11.3. The predicted molar refractivity (Wildman–Crippen MR) is 71.1 cm³/mol. The third kappa shape index (κ3) is 2.07. The van der Waals surface area contributed by atoms with E-state index in [1.807, 2.05) is 0 Å². The van der Waals surface area contributed by atoms with Crippen LogP contribution >= 0.6 is 0 Å². The Morgan fingerprint density at radius 2 is 1.47 bits per heavy atom. The summed E-state index contributed by atoms with van der Waals surface area (Å²) >= 11 is 0. The summed E-state index contributed by atoms with van der Waals surface area (Å²) in [4.78, 5) is 0. The van der Waals surface area contributed by atoms with Crippen molar-refractivity contribution < 1.29 is 4.74 Å². The van der Waals surface area contributed by atoms with Gasteiger partial charge >= 0.3 is 0 Å². The first-order valence-corrected chi connectivity index (χ1v) is 7.62. The monoisotopic (exact) mass is 234 g/mol. The van der Waals surface area contributed by atoms with Gasteiger partial charge in [0.05, 0.1) is 11.2 Å². The van der Waals surface area contributed by atoms with Gasteiger partial charge in [0.15, 0.2) is 0 Å². The zero-order chi connectivity index (χ0) is 11.8. The molecule has 0 aromatic carbocycles. The van der Waals surface area contributed by atoms with Crippen molar-refractivity contribution in [1.82, 2.24) is 0 Å². The van der Waals surface area contributed by atoms with E-state index in [1.54, 1.807) is 0 Å². The van der Waals surface area contributed by atoms with Crippen LogP contribution in [-0.2, 0) is 4.74 Å². The summed E-state index contributed by atoms with van der Waals surface area (Å²) in [7, 11) is 0. The highest BCUT2D eigenvalue weighted by molar-refractivity contribution is 5.21. The van der Waals surface area contributed by atoms with Crippen LogP contribution in [0.5, 0.6) is 0 Å². The van der Waals surface area contributed by atoms with E-state index in [-0.39, 0.29) is 11.2 Å². The van der Waals surface area contributed by atoms with Crippen LogP contribution in [0.2, 0.25) is 0 Å². The molecule has 0 aromatic rings. The molecule has 96 valence electrons. The minimum Gasteiger partial charge on any atom is -0.364 e. The summed E-state index contributed by atoms with van der Waals surface area (Å²) in [6.45, 7) is 2.31. The fourth-order valence-corrected chi connectivity index (χ4v) is 4.18. The first-order valence-electron chi connectivity index (χ1n) is 7.62. The maximum absolute atomic E-state index is 6.79. The van der Waals surface area contributed by atoms with Crippen molar-refractivity contribution in [3.63, 3.8) is 0 Å². The van der Waals surface area contributed by atoms with Gasteiger partial charge in [0.1, 0.15) is 0 Å². The number of hydrogen-bond donors (Lipinski definition) is 0. The van der Waals surface area contributed by atoms with Crippen LogP contribution in [0.25, 0.3) is 0 Å². The first-order chi connectivity index (χ1) is 8.25. The van der Waals surface area contributed by atoms with Gasteiger partial charge in [0.2, 0.25) is 0 Å². The van der Waals surface area contributed by atoms with E-state index in [0.29, 0.717) is 0 Å². The van der Waals surface area contributed by atoms with Crippen molar-refractivity contribution in [1.29, 1.82) is 0 Å². The Labute approximate surface area is 106 Å². The van der Waals surface area contributed by atoms with E-state index >= 15 is 0 Å². The third-order valence-corrected chi connectivity index (χ3v) is 5.34. The average Bonchev–Trinajstić information content (AvgIpc) is 2.37. The van der Waals surface area contributed by atoms with Crippen LogP contribution in [0.4, 0.5) is 0 Å². The maximum atomic E-state index is 6.79. The van der Waals surface area contributed by atoms with E-state index in [4.69, 9.17) is 4.74 Å². The number of rotatable bonds is 0. The van der Waals surface area contributed by atoms with Crippen LogP contribution in [0, 0.1) is 0 Å². The smallest absolute Gasteiger partial charge is 0.0896 e. The molecule has 1 heterocycles. The highest BCUT2D eigenvalue weighted by Crippen LogP contribution is 2.49. The fourth-order valence-electron chi connectivity index (χ4n) is 4.18. The quantitative estimate of drug-likeness (QED) is 0.549. The molecule has 3 aliphatic rings.